The van der Waals surface area contributed by atoms with Crippen molar-refractivity contribution in [3.63, 3.8) is 0 Å². The third-order valence-corrected chi connectivity index (χ3v) is 3.96. The minimum Gasteiger partial charge on any atom is -0.495 e. The molecular weight excluding hydrogens is 282 g/mol. The summed E-state index contributed by atoms with van der Waals surface area (Å²) in [5.74, 6) is 0.743. The molecule has 0 aromatic heterocycles. The summed E-state index contributed by atoms with van der Waals surface area (Å²) >= 11 is 0. The van der Waals surface area contributed by atoms with Gasteiger partial charge in [0.25, 0.3) is 0 Å². The van der Waals surface area contributed by atoms with Gasteiger partial charge in [-0.1, -0.05) is 0 Å². The van der Waals surface area contributed by atoms with Crippen molar-refractivity contribution in [2.75, 3.05) is 23.9 Å². The molecule has 1 saturated heterocycles. The molecule has 118 valence electrons. The van der Waals surface area contributed by atoms with Crippen molar-refractivity contribution in [3.05, 3.63) is 18.2 Å². The second-order valence-corrected chi connectivity index (χ2v) is 5.76. The number of nitrogens with one attached hydrogen (secondary N) is 2. The Balaban J connectivity index is 1.78. The number of carbonyl (C=O) groups is 2. The summed E-state index contributed by atoms with van der Waals surface area (Å²) in [5.41, 5.74) is 1.38. The van der Waals surface area contributed by atoms with Gasteiger partial charge in [-0.05, 0) is 43.9 Å². The molecule has 6 nitrogen and oxygen atoms in total. The molecule has 1 aromatic carbocycles. The first-order valence-corrected chi connectivity index (χ1v) is 7.73. The molecule has 2 N–H and O–H groups in total. The van der Waals surface area contributed by atoms with Crippen LogP contribution in [0, 0.1) is 0 Å². The highest BCUT2D eigenvalue weighted by Gasteiger charge is 2.25. The lowest BCUT2D eigenvalue weighted by molar-refractivity contribution is -0.119. The number of hydrogen-bond acceptors (Lipinski definition) is 3. The largest absolute Gasteiger partial charge is 0.495 e. The predicted molar refractivity (Wildman–Crippen MR) is 84.4 cm³/mol. The molecule has 3 amide bonds. The molecule has 0 radical (unpaired) electrons. The van der Waals surface area contributed by atoms with Gasteiger partial charge in [0.1, 0.15) is 5.75 Å². The molecule has 0 unspecified atom stereocenters. The average Bonchev–Trinajstić information content (AvgIpc) is 3.31. The molecule has 2 aliphatic rings. The summed E-state index contributed by atoms with van der Waals surface area (Å²) in [6.45, 7) is 0.687. The predicted octanol–water partition coefficient (Wildman–Crippen LogP) is 2.50. The number of carbonyl (C=O) groups excluding carboxylic acids is 2. The quantitative estimate of drug-likeness (QED) is 0.897. The fourth-order valence-corrected chi connectivity index (χ4v) is 2.62. The fraction of sp³-hybridized carbons (Fsp3) is 0.500. The third-order valence-electron chi connectivity index (χ3n) is 3.96. The van der Waals surface area contributed by atoms with Gasteiger partial charge in [0.15, 0.2) is 0 Å². The van der Waals surface area contributed by atoms with Gasteiger partial charge in [0, 0.05) is 24.7 Å². The van der Waals surface area contributed by atoms with Crippen molar-refractivity contribution in [2.45, 2.75) is 38.1 Å². The summed E-state index contributed by atoms with van der Waals surface area (Å²) in [6.07, 6.45) is 4.56. The average molecular weight is 303 g/mol. The van der Waals surface area contributed by atoms with E-state index in [0.29, 0.717) is 30.4 Å². The number of urea groups is 1. The van der Waals surface area contributed by atoms with Gasteiger partial charge < -0.3 is 20.3 Å². The molecule has 22 heavy (non-hydrogen) atoms. The molecule has 2 fully saturated rings. The number of anilines is 2. The van der Waals surface area contributed by atoms with E-state index < -0.39 is 0 Å². The fourth-order valence-electron chi connectivity index (χ4n) is 2.62. The minimum atomic E-state index is -0.205. The van der Waals surface area contributed by atoms with Crippen LogP contribution < -0.4 is 20.3 Å². The number of methoxy groups -OCH3 is 1. The van der Waals surface area contributed by atoms with Crippen LogP contribution in [-0.2, 0) is 4.79 Å². The summed E-state index contributed by atoms with van der Waals surface area (Å²) < 4.78 is 5.36. The van der Waals surface area contributed by atoms with Crippen molar-refractivity contribution >= 4 is 23.3 Å². The summed E-state index contributed by atoms with van der Waals surface area (Å²) in [7, 11) is 1.58. The van der Waals surface area contributed by atoms with Gasteiger partial charge in [-0.15, -0.1) is 0 Å². The Bertz CT molecular complexity index is 584. The van der Waals surface area contributed by atoms with E-state index in [1.54, 1.807) is 30.2 Å². The highest BCUT2D eigenvalue weighted by Crippen LogP contribution is 2.33. The van der Waals surface area contributed by atoms with Crippen LogP contribution in [0.1, 0.15) is 32.1 Å². The summed E-state index contributed by atoms with van der Waals surface area (Å²) in [5, 5.41) is 5.69. The Kier molecular flexibility index (Phi) is 4.18. The van der Waals surface area contributed by atoms with E-state index in [1.807, 2.05) is 0 Å². The molecule has 1 aliphatic heterocycles. The first-order chi connectivity index (χ1) is 10.7. The molecule has 1 saturated carbocycles. The van der Waals surface area contributed by atoms with Crippen LogP contribution in [0.5, 0.6) is 5.75 Å². The van der Waals surface area contributed by atoms with E-state index in [1.165, 1.54) is 0 Å². The Labute approximate surface area is 129 Å². The number of rotatable bonds is 4. The molecule has 0 atom stereocenters. The second-order valence-electron chi connectivity index (χ2n) is 5.76. The second kappa shape index (κ2) is 6.25. The van der Waals surface area contributed by atoms with Crippen LogP contribution in [-0.4, -0.2) is 31.6 Å². The molecule has 3 rings (SSSR count). The lowest BCUT2D eigenvalue weighted by atomic mass is 10.1. The van der Waals surface area contributed by atoms with Crippen molar-refractivity contribution in [1.29, 1.82) is 0 Å². The van der Waals surface area contributed by atoms with E-state index >= 15 is 0 Å². The number of amides is 3. The van der Waals surface area contributed by atoms with Crippen LogP contribution in [0.25, 0.3) is 0 Å². The van der Waals surface area contributed by atoms with Crippen molar-refractivity contribution in [3.8, 4) is 5.75 Å². The van der Waals surface area contributed by atoms with Crippen molar-refractivity contribution < 1.29 is 14.3 Å². The van der Waals surface area contributed by atoms with E-state index in [0.717, 1.165) is 31.4 Å². The van der Waals surface area contributed by atoms with Gasteiger partial charge in [0.05, 0.1) is 12.8 Å². The highest BCUT2D eigenvalue weighted by molar-refractivity contribution is 5.97. The molecule has 1 aromatic rings. The monoisotopic (exact) mass is 303 g/mol. The first kappa shape index (κ1) is 14.7. The van der Waals surface area contributed by atoms with Gasteiger partial charge >= 0.3 is 6.03 Å². The zero-order valence-corrected chi connectivity index (χ0v) is 12.7. The maximum absolute atomic E-state index is 12.1. The summed E-state index contributed by atoms with van der Waals surface area (Å²) in [4.78, 5) is 25.7. The molecule has 0 spiro atoms. The summed E-state index contributed by atoms with van der Waals surface area (Å²) in [6, 6.07) is 5.46. The Morgan fingerprint density at radius 2 is 2.14 bits per heavy atom. The number of nitrogens with zero attached hydrogens (tertiary/aromatic N) is 1. The van der Waals surface area contributed by atoms with Crippen LogP contribution >= 0.6 is 0 Å². The first-order valence-electron chi connectivity index (χ1n) is 7.73. The topological polar surface area (TPSA) is 70.7 Å². The Morgan fingerprint density at radius 1 is 1.32 bits per heavy atom. The van der Waals surface area contributed by atoms with E-state index in [9.17, 15) is 9.59 Å². The van der Waals surface area contributed by atoms with Crippen LogP contribution in [0.3, 0.4) is 0 Å². The molecular formula is C16H21N3O3. The molecule has 1 aliphatic carbocycles. The van der Waals surface area contributed by atoms with Gasteiger partial charge in [0.2, 0.25) is 5.91 Å². The van der Waals surface area contributed by atoms with Crippen LogP contribution in [0.2, 0.25) is 0 Å². The maximum Gasteiger partial charge on any atom is 0.319 e. The van der Waals surface area contributed by atoms with Gasteiger partial charge in [-0.3, -0.25) is 4.79 Å². The maximum atomic E-state index is 12.1. The highest BCUT2D eigenvalue weighted by atomic mass is 16.5. The minimum absolute atomic E-state index is 0.101. The molecule has 0 bridgehead atoms. The number of piperidine rings is 1. The van der Waals surface area contributed by atoms with Crippen LogP contribution in [0.15, 0.2) is 18.2 Å². The van der Waals surface area contributed by atoms with E-state index in [-0.39, 0.29) is 11.9 Å². The lowest BCUT2D eigenvalue weighted by Gasteiger charge is -2.28. The third kappa shape index (κ3) is 3.32. The molecule has 6 heteroatoms. The van der Waals surface area contributed by atoms with E-state index in [2.05, 4.69) is 10.6 Å². The number of ether oxygens (including phenoxy) is 1. The van der Waals surface area contributed by atoms with Gasteiger partial charge in [-0.2, -0.15) is 0 Å². The molecule has 1 heterocycles. The lowest BCUT2D eigenvalue weighted by Crippen LogP contribution is -2.35. The van der Waals surface area contributed by atoms with Crippen LogP contribution in [0.4, 0.5) is 16.2 Å². The Morgan fingerprint density at radius 3 is 2.82 bits per heavy atom. The Hall–Kier alpha value is -2.24. The van der Waals surface area contributed by atoms with Gasteiger partial charge in [-0.25, -0.2) is 4.79 Å². The number of hydrogen-bond donors (Lipinski definition) is 2. The zero-order chi connectivity index (χ0) is 15.5. The van der Waals surface area contributed by atoms with Crippen molar-refractivity contribution in [1.82, 2.24) is 5.32 Å². The normalized spacial score (nSPS) is 18.0. The SMILES string of the molecule is COc1ccc(NC(=O)NC2CC2)cc1N1CCCCC1=O. The van der Waals surface area contributed by atoms with E-state index in [4.69, 9.17) is 4.74 Å². The smallest absolute Gasteiger partial charge is 0.319 e. The standard InChI is InChI=1S/C16H21N3O3/c1-22-14-8-7-12(18-16(21)17-11-5-6-11)10-13(14)19-9-3-2-4-15(19)20/h7-8,10-11H,2-6,9H2,1H3,(H2,17,18,21). The number of benzene rings is 1. The zero-order valence-electron chi connectivity index (χ0n) is 12.7. The van der Waals surface area contributed by atoms with Crippen molar-refractivity contribution in [2.24, 2.45) is 0 Å².